The minimum absolute atomic E-state index is 0.152. The van der Waals surface area contributed by atoms with Gasteiger partial charge in [0.2, 0.25) is 0 Å². The predicted octanol–water partition coefficient (Wildman–Crippen LogP) is 4.33. The second-order valence-electron chi connectivity index (χ2n) is 6.20. The summed E-state index contributed by atoms with van der Waals surface area (Å²) in [5.74, 6) is -4.20. The van der Waals surface area contributed by atoms with E-state index in [1.54, 1.807) is 0 Å². The molecule has 0 aromatic heterocycles. The molecule has 154 valence electrons. The summed E-state index contributed by atoms with van der Waals surface area (Å²) >= 11 is 0. The Labute approximate surface area is 159 Å². The number of benzene rings is 2. The number of carbonyl (C=O) groups is 1. The number of nitrogens with one attached hydrogen (secondary N) is 1. The van der Waals surface area contributed by atoms with Crippen LogP contribution in [0.25, 0.3) is 0 Å². The SMILES string of the molecule is O=C(Nc1ccc(C2=NOC(O)(C(F)(F)F)C2)cc1)c1cccc(C(F)(F)F)c1. The average Bonchev–Trinajstić information content (AvgIpc) is 3.05. The van der Waals surface area contributed by atoms with E-state index < -0.39 is 36.0 Å². The Morgan fingerprint density at radius 3 is 2.28 bits per heavy atom. The number of oxime groups is 1. The summed E-state index contributed by atoms with van der Waals surface area (Å²) < 4.78 is 76.4. The lowest BCUT2D eigenvalue weighted by molar-refractivity contribution is -0.355. The third-order valence-electron chi connectivity index (χ3n) is 4.08. The highest BCUT2D eigenvalue weighted by molar-refractivity contribution is 6.05. The lowest BCUT2D eigenvalue weighted by atomic mass is 10.0. The van der Waals surface area contributed by atoms with E-state index in [9.17, 15) is 36.2 Å². The van der Waals surface area contributed by atoms with Crippen LogP contribution < -0.4 is 5.32 Å². The molecule has 29 heavy (non-hydrogen) atoms. The van der Waals surface area contributed by atoms with E-state index in [4.69, 9.17) is 0 Å². The van der Waals surface area contributed by atoms with Crippen LogP contribution in [0, 0.1) is 0 Å². The molecule has 2 aromatic rings. The highest BCUT2D eigenvalue weighted by Crippen LogP contribution is 2.39. The summed E-state index contributed by atoms with van der Waals surface area (Å²) in [6.07, 6.45) is -10.5. The smallest absolute Gasteiger partial charge is 0.350 e. The first-order valence-corrected chi connectivity index (χ1v) is 8.02. The maximum Gasteiger partial charge on any atom is 0.458 e. The standard InChI is InChI=1S/C18H12F6N2O3/c19-17(20,21)12-3-1-2-11(8-12)15(27)25-13-6-4-10(5-7-13)14-9-16(28,29-26-14)18(22,23)24/h1-8,28H,9H2,(H,25,27). The Morgan fingerprint density at radius 2 is 1.72 bits per heavy atom. The van der Waals surface area contributed by atoms with E-state index in [1.165, 1.54) is 30.3 Å². The van der Waals surface area contributed by atoms with Crippen molar-refractivity contribution in [2.45, 2.75) is 24.6 Å². The number of hydrogen-bond donors (Lipinski definition) is 2. The normalized spacial score (nSPS) is 19.5. The van der Waals surface area contributed by atoms with Crippen molar-refractivity contribution in [2.24, 2.45) is 5.16 Å². The lowest BCUT2D eigenvalue weighted by Gasteiger charge is -2.22. The van der Waals surface area contributed by atoms with Gasteiger partial charge >= 0.3 is 18.1 Å². The van der Waals surface area contributed by atoms with Crippen molar-refractivity contribution in [2.75, 3.05) is 5.32 Å². The Kier molecular flexibility index (Phi) is 5.03. The van der Waals surface area contributed by atoms with E-state index in [2.05, 4.69) is 15.3 Å². The van der Waals surface area contributed by atoms with Crippen LogP contribution in [0.5, 0.6) is 0 Å². The van der Waals surface area contributed by atoms with Crippen molar-refractivity contribution >= 4 is 17.3 Å². The van der Waals surface area contributed by atoms with E-state index in [0.717, 1.165) is 12.1 Å². The molecular formula is C18H12F6N2O3. The Bertz CT molecular complexity index is 953. The van der Waals surface area contributed by atoms with Crippen LogP contribution >= 0.6 is 0 Å². The van der Waals surface area contributed by atoms with Gasteiger partial charge in [-0.2, -0.15) is 26.3 Å². The van der Waals surface area contributed by atoms with Gasteiger partial charge in [-0.3, -0.25) is 4.79 Å². The molecule has 0 saturated carbocycles. The van der Waals surface area contributed by atoms with Crippen molar-refractivity contribution < 1.29 is 41.1 Å². The zero-order valence-electron chi connectivity index (χ0n) is 14.3. The zero-order chi connectivity index (χ0) is 21.4. The Morgan fingerprint density at radius 1 is 1.07 bits per heavy atom. The number of aliphatic hydroxyl groups is 1. The Balaban J connectivity index is 1.70. The minimum Gasteiger partial charge on any atom is -0.350 e. The summed E-state index contributed by atoms with van der Waals surface area (Å²) in [6.45, 7) is 0. The number of hydrogen-bond acceptors (Lipinski definition) is 4. The van der Waals surface area contributed by atoms with Crippen LogP contribution in [0.15, 0.2) is 53.7 Å². The molecule has 0 aliphatic carbocycles. The van der Waals surface area contributed by atoms with Crippen LogP contribution in [0.4, 0.5) is 32.0 Å². The molecule has 2 aromatic carbocycles. The number of alkyl halides is 6. The predicted molar refractivity (Wildman–Crippen MR) is 89.1 cm³/mol. The first-order valence-electron chi connectivity index (χ1n) is 8.02. The van der Waals surface area contributed by atoms with Gasteiger partial charge in [-0.15, -0.1) is 0 Å². The van der Waals surface area contributed by atoms with Gasteiger partial charge in [0.25, 0.3) is 5.91 Å². The second kappa shape index (κ2) is 7.07. The summed E-state index contributed by atoms with van der Waals surface area (Å²) in [5, 5.41) is 15.1. The molecule has 2 N–H and O–H groups in total. The molecule has 0 fully saturated rings. The number of carbonyl (C=O) groups excluding carboxylic acids is 1. The fourth-order valence-corrected chi connectivity index (χ4v) is 2.51. The number of nitrogens with zero attached hydrogens (tertiary/aromatic N) is 1. The molecule has 1 aliphatic heterocycles. The molecule has 11 heteroatoms. The van der Waals surface area contributed by atoms with Crippen molar-refractivity contribution in [3.63, 3.8) is 0 Å². The molecule has 1 unspecified atom stereocenters. The zero-order valence-corrected chi connectivity index (χ0v) is 14.3. The van der Waals surface area contributed by atoms with E-state index in [1.807, 2.05) is 0 Å². The molecule has 0 radical (unpaired) electrons. The maximum atomic E-state index is 12.7. The molecule has 1 heterocycles. The van der Waals surface area contributed by atoms with Gasteiger partial charge < -0.3 is 15.3 Å². The molecule has 1 atom stereocenters. The fourth-order valence-electron chi connectivity index (χ4n) is 2.51. The molecule has 3 rings (SSSR count). The lowest BCUT2D eigenvalue weighted by Crippen LogP contribution is -2.45. The van der Waals surface area contributed by atoms with Gasteiger partial charge in [0, 0.05) is 11.3 Å². The maximum absolute atomic E-state index is 12.7. The highest BCUT2D eigenvalue weighted by atomic mass is 19.4. The summed E-state index contributed by atoms with van der Waals surface area (Å²) in [6, 6.07) is 9.15. The second-order valence-corrected chi connectivity index (χ2v) is 6.20. The first kappa shape index (κ1) is 20.6. The van der Waals surface area contributed by atoms with Crippen molar-refractivity contribution in [1.82, 2.24) is 0 Å². The van der Waals surface area contributed by atoms with E-state index in [-0.39, 0.29) is 22.5 Å². The summed E-state index contributed by atoms with van der Waals surface area (Å²) in [5.41, 5.74) is -0.936. The first-order chi connectivity index (χ1) is 13.4. The van der Waals surface area contributed by atoms with Crippen molar-refractivity contribution in [1.29, 1.82) is 0 Å². The molecular weight excluding hydrogens is 406 g/mol. The molecule has 0 bridgehead atoms. The number of amides is 1. The third-order valence-corrected chi connectivity index (χ3v) is 4.08. The van der Waals surface area contributed by atoms with Crippen LogP contribution in [-0.2, 0) is 11.0 Å². The van der Waals surface area contributed by atoms with E-state index in [0.29, 0.717) is 6.07 Å². The monoisotopic (exact) mass is 418 g/mol. The molecule has 1 amide bonds. The van der Waals surface area contributed by atoms with Crippen LogP contribution in [0.3, 0.4) is 0 Å². The summed E-state index contributed by atoms with van der Waals surface area (Å²) in [7, 11) is 0. The third kappa shape index (κ3) is 4.34. The molecule has 5 nitrogen and oxygen atoms in total. The Hall–Kier alpha value is -3.08. The van der Waals surface area contributed by atoms with Gasteiger partial charge in [-0.25, -0.2) is 0 Å². The van der Waals surface area contributed by atoms with Crippen molar-refractivity contribution in [3.8, 4) is 0 Å². The van der Waals surface area contributed by atoms with E-state index >= 15 is 0 Å². The quantitative estimate of drug-likeness (QED) is 0.729. The molecule has 0 saturated heterocycles. The number of halogens is 6. The minimum atomic E-state index is -5.03. The van der Waals surface area contributed by atoms with Crippen LogP contribution in [-0.4, -0.2) is 28.7 Å². The molecule has 1 aliphatic rings. The van der Waals surface area contributed by atoms with Gasteiger partial charge in [0.1, 0.15) is 0 Å². The number of rotatable bonds is 3. The van der Waals surface area contributed by atoms with Crippen LogP contribution in [0.2, 0.25) is 0 Å². The number of anilines is 1. The summed E-state index contributed by atoms with van der Waals surface area (Å²) in [4.78, 5) is 16.3. The van der Waals surface area contributed by atoms with Gasteiger partial charge in [-0.05, 0) is 35.9 Å². The van der Waals surface area contributed by atoms with Crippen LogP contribution in [0.1, 0.15) is 27.9 Å². The molecule has 0 spiro atoms. The van der Waals surface area contributed by atoms with Gasteiger partial charge in [-0.1, -0.05) is 23.4 Å². The largest absolute Gasteiger partial charge is 0.458 e. The fraction of sp³-hybridized carbons (Fsp3) is 0.222. The average molecular weight is 418 g/mol. The van der Waals surface area contributed by atoms with Gasteiger partial charge in [0.15, 0.2) is 0 Å². The topological polar surface area (TPSA) is 70.9 Å². The van der Waals surface area contributed by atoms with Crippen molar-refractivity contribution in [3.05, 3.63) is 65.2 Å². The highest BCUT2D eigenvalue weighted by Gasteiger charge is 2.60. The van der Waals surface area contributed by atoms with Gasteiger partial charge in [0.05, 0.1) is 17.7 Å².